The van der Waals surface area contributed by atoms with E-state index in [-0.39, 0.29) is 30.6 Å². The Morgan fingerprint density at radius 1 is 1.33 bits per heavy atom. The molecule has 124 valence electrons. The summed E-state index contributed by atoms with van der Waals surface area (Å²) in [5.74, 6) is 0.539. The zero-order valence-corrected chi connectivity index (χ0v) is 13.4. The molecule has 1 aromatic rings. The van der Waals surface area contributed by atoms with Gasteiger partial charge in [0.15, 0.2) is 0 Å². The second-order valence-corrected chi connectivity index (χ2v) is 6.81. The van der Waals surface area contributed by atoms with Gasteiger partial charge in [0.05, 0.1) is 23.8 Å². The Kier molecular flexibility index (Phi) is 3.73. The molecule has 3 aliphatic rings. The maximum absolute atomic E-state index is 12.7. The lowest BCUT2D eigenvalue weighted by Crippen LogP contribution is -2.54. The fourth-order valence-corrected chi connectivity index (χ4v) is 3.55. The van der Waals surface area contributed by atoms with E-state index in [4.69, 9.17) is 10.00 Å². The van der Waals surface area contributed by atoms with Gasteiger partial charge < -0.3 is 14.5 Å². The van der Waals surface area contributed by atoms with E-state index in [1.54, 1.807) is 29.2 Å². The predicted octanol–water partition coefficient (Wildman–Crippen LogP) is 1.02. The summed E-state index contributed by atoms with van der Waals surface area (Å²) in [6, 6.07) is 8.74. The lowest BCUT2D eigenvalue weighted by molar-refractivity contribution is -0.153. The number of nitrogens with zero attached hydrogens (tertiary/aromatic N) is 3. The normalized spacial score (nSPS) is 26.2. The molecule has 0 N–H and O–H groups in total. The first-order valence-electron chi connectivity index (χ1n) is 8.36. The molecule has 0 aromatic heterocycles. The van der Waals surface area contributed by atoms with E-state index in [9.17, 15) is 9.59 Å². The number of amides is 2. The summed E-state index contributed by atoms with van der Waals surface area (Å²) in [6.07, 6.45) is 2.27. The van der Waals surface area contributed by atoms with Crippen LogP contribution in [0.3, 0.4) is 0 Å². The highest BCUT2D eigenvalue weighted by Gasteiger charge is 2.45. The highest BCUT2D eigenvalue weighted by Crippen LogP contribution is 2.33. The van der Waals surface area contributed by atoms with Crippen molar-refractivity contribution >= 4 is 11.8 Å². The van der Waals surface area contributed by atoms with E-state index in [0.29, 0.717) is 30.1 Å². The maximum atomic E-state index is 12.7. The first-order valence-corrected chi connectivity index (χ1v) is 8.36. The molecule has 1 aromatic carbocycles. The minimum Gasteiger partial charge on any atom is -0.364 e. The quantitative estimate of drug-likeness (QED) is 0.832. The lowest BCUT2D eigenvalue weighted by atomic mass is 10.1. The molecular formula is C18H19N3O3. The monoisotopic (exact) mass is 325 g/mol. The van der Waals surface area contributed by atoms with Crippen molar-refractivity contribution in [2.45, 2.75) is 25.0 Å². The van der Waals surface area contributed by atoms with Gasteiger partial charge in [-0.2, -0.15) is 5.26 Å². The second kappa shape index (κ2) is 5.91. The van der Waals surface area contributed by atoms with E-state index < -0.39 is 0 Å². The largest absolute Gasteiger partial charge is 0.364 e. The summed E-state index contributed by atoms with van der Waals surface area (Å²) in [7, 11) is 0. The Morgan fingerprint density at radius 2 is 2.17 bits per heavy atom. The molecule has 4 rings (SSSR count). The molecule has 0 radical (unpaired) electrons. The van der Waals surface area contributed by atoms with Crippen LogP contribution < -0.4 is 0 Å². The average Bonchev–Trinajstić information content (AvgIpc) is 3.33. The Hall–Kier alpha value is -2.39. The van der Waals surface area contributed by atoms with Crippen LogP contribution in [-0.2, 0) is 9.53 Å². The van der Waals surface area contributed by atoms with Gasteiger partial charge in [-0.3, -0.25) is 9.59 Å². The SMILES string of the molecule is N#Cc1cccc(C(=O)N2C[C@@H]3[C@@H](C2)OCC(=O)N3CC2CC2)c1. The van der Waals surface area contributed by atoms with Crippen molar-refractivity contribution in [1.29, 1.82) is 5.26 Å². The standard InChI is InChI=1S/C18H19N3O3/c19-7-13-2-1-3-14(6-13)18(23)20-9-15-16(10-20)24-11-17(22)21(15)8-12-4-5-12/h1-3,6,12,15-16H,4-5,8-11H2/t15-,16-/m1/s1. The topological polar surface area (TPSA) is 73.6 Å². The van der Waals surface area contributed by atoms with Gasteiger partial charge in [-0.15, -0.1) is 0 Å². The van der Waals surface area contributed by atoms with E-state index in [1.807, 2.05) is 4.90 Å². The van der Waals surface area contributed by atoms with Gasteiger partial charge in [0.1, 0.15) is 6.61 Å². The summed E-state index contributed by atoms with van der Waals surface area (Å²) in [5, 5.41) is 8.99. The van der Waals surface area contributed by atoms with Gasteiger partial charge in [-0.05, 0) is 37.0 Å². The van der Waals surface area contributed by atoms with Crippen molar-refractivity contribution in [3.05, 3.63) is 35.4 Å². The van der Waals surface area contributed by atoms with Crippen molar-refractivity contribution in [1.82, 2.24) is 9.80 Å². The van der Waals surface area contributed by atoms with Crippen LogP contribution in [0.25, 0.3) is 0 Å². The Balaban J connectivity index is 1.51. The molecule has 3 fully saturated rings. The van der Waals surface area contributed by atoms with Crippen molar-refractivity contribution < 1.29 is 14.3 Å². The minimum atomic E-state index is -0.107. The molecule has 6 nitrogen and oxygen atoms in total. The molecule has 0 unspecified atom stereocenters. The number of morpholine rings is 1. The molecule has 2 heterocycles. The van der Waals surface area contributed by atoms with Gasteiger partial charge in [-0.25, -0.2) is 0 Å². The number of hydrogen-bond donors (Lipinski definition) is 0. The molecule has 0 spiro atoms. The fourth-order valence-electron chi connectivity index (χ4n) is 3.55. The third-order valence-corrected chi connectivity index (χ3v) is 5.06. The molecule has 6 heteroatoms. The maximum Gasteiger partial charge on any atom is 0.254 e. The van der Waals surface area contributed by atoms with Gasteiger partial charge in [0.25, 0.3) is 5.91 Å². The second-order valence-electron chi connectivity index (χ2n) is 6.81. The average molecular weight is 325 g/mol. The summed E-state index contributed by atoms with van der Waals surface area (Å²) in [5.41, 5.74) is 0.979. The number of hydrogen-bond acceptors (Lipinski definition) is 4. The number of ether oxygens (including phenoxy) is 1. The fraction of sp³-hybridized carbons (Fsp3) is 0.500. The summed E-state index contributed by atoms with van der Waals surface area (Å²) >= 11 is 0. The number of likely N-dealkylation sites (tertiary alicyclic amines) is 1. The van der Waals surface area contributed by atoms with Crippen LogP contribution in [0.2, 0.25) is 0 Å². The van der Waals surface area contributed by atoms with Crippen LogP contribution in [0.15, 0.2) is 24.3 Å². The van der Waals surface area contributed by atoms with Crippen LogP contribution in [-0.4, -0.2) is 60.0 Å². The van der Waals surface area contributed by atoms with Crippen molar-refractivity contribution in [3.63, 3.8) is 0 Å². The molecule has 2 aliphatic heterocycles. The number of benzene rings is 1. The predicted molar refractivity (Wildman–Crippen MR) is 85.0 cm³/mol. The number of rotatable bonds is 3. The highest BCUT2D eigenvalue weighted by atomic mass is 16.5. The summed E-state index contributed by atoms with van der Waals surface area (Å²) < 4.78 is 5.67. The molecule has 24 heavy (non-hydrogen) atoms. The molecule has 2 amide bonds. The van der Waals surface area contributed by atoms with Crippen molar-refractivity contribution in [3.8, 4) is 6.07 Å². The number of carbonyl (C=O) groups is 2. The smallest absolute Gasteiger partial charge is 0.254 e. The Morgan fingerprint density at radius 3 is 2.92 bits per heavy atom. The van der Waals surface area contributed by atoms with Gasteiger partial charge in [0, 0.05) is 25.2 Å². The molecule has 2 atom stereocenters. The van der Waals surface area contributed by atoms with Crippen LogP contribution in [0.1, 0.15) is 28.8 Å². The third kappa shape index (κ3) is 2.76. The van der Waals surface area contributed by atoms with E-state index in [0.717, 1.165) is 6.54 Å². The molecule has 0 bridgehead atoms. The van der Waals surface area contributed by atoms with E-state index in [1.165, 1.54) is 12.8 Å². The summed E-state index contributed by atoms with van der Waals surface area (Å²) in [4.78, 5) is 28.6. The Labute approximate surface area is 140 Å². The lowest BCUT2D eigenvalue weighted by Gasteiger charge is -2.36. The first kappa shape index (κ1) is 15.2. The van der Waals surface area contributed by atoms with Gasteiger partial charge in [-0.1, -0.05) is 6.07 Å². The third-order valence-electron chi connectivity index (χ3n) is 5.06. The van der Waals surface area contributed by atoms with Crippen molar-refractivity contribution in [2.24, 2.45) is 5.92 Å². The summed E-state index contributed by atoms with van der Waals surface area (Å²) in [6.45, 7) is 1.89. The van der Waals surface area contributed by atoms with Crippen LogP contribution in [0, 0.1) is 17.2 Å². The zero-order valence-electron chi connectivity index (χ0n) is 13.4. The zero-order chi connectivity index (χ0) is 16.7. The highest BCUT2D eigenvalue weighted by molar-refractivity contribution is 5.95. The van der Waals surface area contributed by atoms with Crippen LogP contribution >= 0.6 is 0 Å². The van der Waals surface area contributed by atoms with Gasteiger partial charge in [0.2, 0.25) is 5.91 Å². The van der Waals surface area contributed by atoms with Crippen molar-refractivity contribution in [2.75, 3.05) is 26.2 Å². The number of fused-ring (bicyclic) bond motifs is 1. The Bertz CT molecular complexity index is 722. The molecule has 1 saturated carbocycles. The minimum absolute atomic E-state index is 0.0314. The van der Waals surface area contributed by atoms with E-state index >= 15 is 0 Å². The van der Waals surface area contributed by atoms with Crippen LogP contribution in [0.4, 0.5) is 0 Å². The van der Waals surface area contributed by atoms with E-state index in [2.05, 4.69) is 6.07 Å². The molecular weight excluding hydrogens is 306 g/mol. The van der Waals surface area contributed by atoms with Gasteiger partial charge >= 0.3 is 0 Å². The first-order chi connectivity index (χ1) is 11.7. The number of carbonyl (C=O) groups excluding carboxylic acids is 2. The number of nitriles is 1. The molecule has 1 aliphatic carbocycles. The molecule has 2 saturated heterocycles. The van der Waals surface area contributed by atoms with Crippen LogP contribution in [0.5, 0.6) is 0 Å².